The largest absolute Gasteiger partial charge is 0.324 e. The van der Waals surface area contributed by atoms with Crippen molar-refractivity contribution in [1.29, 1.82) is 0 Å². The topological polar surface area (TPSA) is 17.1 Å². The van der Waals surface area contributed by atoms with E-state index in [1.54, 1.807) is 0 Å². The summed E-state index contributed by atoms with van der Waals surface area (Å²) in [6.07, 6.45) is 2.96. The third-order valence-electron chi connectivity index (χ3n) is 1.54. The summed E-state index contributed by atoms with van der Waals surface area (Å²) in [7, 11) is -1.90. The second-order valence-corrected chi connectivity index (χ2v) is 5.84. The molecule has 0 bridgehead atoms. The highest BCUT2D eigenvalue weighted by molar-refractivity contribution is 7.63. The molecule has 2 radical (unpaired) electrons. The molecule has 0 aliphatic rings. The van der Waals surface area contributed by atoms with Crippen molar-refractivity contribution in [2.75, 3.05) is 18.5 Å². The molecule has 9 heavy (non-hydrogen) atoms. The zero-order chi connectivity index (χ0) is 7.33. The van der Waals surface area contributed by atoms with E-state index in [1.807, 2.05) is 13.8 Å². The number of rotatable bonds is 4. The Hall–Kier alpha value is 0.230. The first-order valence-corrected chi connectivity index (χ1v) is 5.72. The average Bonchev–Trinajstić information content (AvgIpc) is 1.89. The molecule has 0 aromatic rings. The van der Waals surface area contributed by atoms with E-state index >= 15 is 0 Å². The van der Waals surface area contributed by atoms with Gasteiger partial charge in [0.15, 0.2) is 0 Å². The van der Waals surface area contributed by atoms with Crippen molar-refractivity contribution in [3.8, 4) is 0 Å². The zero-order valence-corrected chi connectivity index (χ0v) is 7.16. The Bertz CT molecular complexity index is 101. The first-order chi connectivity index (χ1) is 4.18. The van der Waals surface area contributed by atoms with Gasteiger partial charge >= 0.3 is 0 Å². The molecule has 1 nitrogen and oxygen atoms in total. The molecule has 0 aliphatic heterocycles. The van der Waals surface area contributed by atoms with E-state index < -0.39 is 7.14 Å². The minimum Gasteiger partial charge on any atom is -0.324 e. The maximum absolute atomic E-state index is 11.4. The molecule has 0 fully saturated rings. The molecule has 1 unspecified atom stereocenters. The Labute approximate surface area is 58.2 Å². The summed E-state index contributed by atoms with van der Waals surface area (Å²) in [4.78, 5) is 0. The van der Waals surface area contributed by atoms with Crippen LogP contribution in [0.1, 0.15) is 20.3 Å². The van der Waals surface area contributed by atoms with E-state index in [1.165, 1.54) is 0 Å². The summed E-state index contributed by atoms with van der Waals surface area (Å²) < 4.78 is 11.4. The van der Waals surface area contributed by atoms with Gasteiger partial charge in [-0.25, -0.2) is 0 Å². The highest BCUT2D eigenvalue weighted by Crippen LogP contribution is 2.44. The van der Waals surface area contributed by atoms with Crippen LogP contribution >= 0.6 is 7.14 Å². The lowest BCUT2D eigenvalue weighted by atomic mass is 10.6. The third-order valence-corrected chi connectivity index (χ3v) is 4.62. The first kappa shape index (κ1) is 9.23. The van der Waals surface area contributed by atoms with Crippen LogP contribution in [-0.2, 0) is 4.57 Å². The fourth-order valence-electron chi connectivity index (χ4n) is 0.786. The smallest absolute Gasteiger partial charge is 0.0877 e. The fraction of sp³-hybridized carbons (Fsp3) is 0.857. The summed E-state index contributed by atoms with van der Waals surface area (Å²) in [6.45, 7) is 9.33. The number of hydrogen-bond acceptors (Lipinski definition) is 1. The van der Waals surface area contributed by atoms with Crippen LogP contribution in [0.5, 0.6) is 0 Å². The highest BCUT2D eigenvalue weighted by atomic mass is 31.2. The van der Waals surface area contributed by atoms with E-state index in [0.29, 0.717) is 6.16 Å². The van der Waals surface area contributed by atoms with Gasteiger partial charge in [0, 0.05) is 12.3 Å². The molecule has 0 aliphatic carbocycles. The molecule has 0 spiro atoms. The summed E-state index contributed by atoms with van der Waals surface area (Å²) in [5.74, 6) is 0. The summed E-state index contributed by atoms with van der Waals surface area (Å²) in [6, 6.07) is 0. The Morgan fingerprint density at radius 1 is 1.44 bits per heavy atom. The van der Waals surface area contributed by atoms with Crippen LogP contribution in [0.15, 0.2) is 0 Å². The van der Waals surface area contributed by atoms with Crippen LogP contribution in [0.4, 0.5) is 0 Å². The molecule has 0 aromatic heterocycles. The molecule has 0 saturated heterocycles. The van der Waals surface area contributed by atoms with Crippen LogP contribution in [0.2, 0.25) is 0 Å². The lowest BCUT2D eigenvalue weighted by molar-refractivity contribution is 0.576. The van der Waals surface area contributed by atoms with Gasteiger partial charge in [-0.3, -0.25) is 0 Å². The van der Waals surface area contributed by atoms with Crippen molar-refractivity contribution in [2.24, 2.45) is 0 Å². The van der Waals surface area contributed by atoms with Gasteiger partial charge in [-0.1, -0.05) is 13.8 Å². The molecule has 0 aromatic carbocycles. The van der Waals surface area contributed by atoms with E-state index in [9.17, 15) is 4.57 Å². The van der Waals surface area contributed by atoms with Crippen molar-refractivity contribution < 1.29 is 4.57 Å². The lowest BCUT2D eigenvalue weighted by Gasteiger charge is -2.10. The van der Waals surface area contributed by atoms with Crippen molar-refractivity contribution >= 4 is 7.14 Å². The molecular formula is C7H15OP. The van der Waals surface area contributed by atoms with Gasteiger partial charge in [0.1, 0.15) is 0 Å². The van der Waals surface area contributed by atoms with E-state index in [2.05, 4.69) is 0 Å². The molecule has 0 amide bonds. The average molecular weight is 146 g/mol. The first-order valence-electron chi connectivity index (χ1n) is 3.45. The predicted octanol–water partition coefficient (Wildman–Crippen LogP) is 2.49. The van der Waals surface area contributed by atoms with Crippen LogP contribution in [0, 0.1) is 6.92 Å². The van der Waals surface area contributed by atoms with E-state index in [0.717, 1.165) is 18.7 Å². The molecule has 0 saturated carbocycles. The lowest BCUT2D eigenvalue weighted by Crippen LogP contribution is -1.93. The normalized spacial score (nSPS) is 11.9. The van der Waals surface area contributed by atoms with Crippen LogP contribution in [0.3, 0.4) is 0 Å². The van der Waals surface area contributed by atoms with Crippen molar-refractivity contribution in [2.45, 2.75) is 20.3 Å². The summed E-state index contributed by atoms with van der Waals surface area (Å²) >= 11 is 0. The zero-order valence-electron chi connectivity index (χ0n) is 6.26. The second-order valence-electron chi connectivity index (χ2n) is 2.28. The molecule has 1 atom stereocenters. The third kappa shape index (κ3) is 3.05. The quantitative estimate of drug-likeness (QED) is 0.557. The molecule has 0 heterocycles. The molecular weight excluding hydrogens is 131 g/mol. The van der Waals surface area contributed by atoms with Crippen LogP contribution in [0.25, 0.3) is 0 Å². The van der Waals surface area contributed by atoms with Gasteiger partial charge in [-0.15, -0.1) is 0 Å². The van der Waals surface area contributed by atoms with E-state index in [-0.39, 0.29) is 0 Å². The van der Waals surface area contributed by atoms with Gasteiger partial charge in [0.05, 0.1) is 7.14 Å². The number of hydrogen-bond donors (Lipinski definition) is 0. The summed E-state index contributed by atoms with van der Waals surface area (Å²) in [5.41, 5.74) is 0. The molecule has 54 valence electrons. The predicted molar refractivity (Wildman–Crippen MR) is 42.5 cm³/mol. The SMILES string of the molecule is [CH]CP(=O)(CC)CCC. The van der Waals surface area contributed by atoms with Gasteiger partial charge in [0.25, 0.3) is 0 Å². The minimum absolute atomic E-state index is 0.386. The Morgan fingerprint density at radius 3 is 2.11 bits per heavy atom. The Kier molecular flexibility index (Phi) is 4.22. The maximum Gasteiger partial charge on any atom is 0.0877 e. The Balaban J connectivity index is 3.78. The molecule has 0 rings (SSSR count). The van der Waals surface area contributed by atoms with Crippen LogP contribution in [-0.4, -0.2) is 18.5 Å². The van der Waals surface area contributed by atoms with Crippen LogP contribution < -0.4 is 0 Å². The van der Waals surface area contributed by atoms with E-state index in [4.69, 9.17) is 6.92 Å². The highest BCUT2D eigenvalue weighted by Gasteiger charge is 2.14. The monoisotopic (exact) mass is 146 g/mol. The van der Waals surface area contributed by atoms with Gasteiger partial charge in [-0.2, -0.15) is 0 Å². The van der Waals surface area contributed by atoms with Crippen molar-refractivity contribution in [3.63, 3.8) is 0 Å². The molecule has 0 N–H and O–H groups in total. The van der Waals surface area contributed by atoms with Gasteiger partial charge in [0.2, 0.25) is 0 Å². The summed E-state index contributed by atoms with van der Waals surface area (Å²) in [5, 5.41) is 0. The molecule has 2 heteroatoms. The van der Waals surface area contributed by atoms with Gasteiger partial charge < -0.3 is 4.57 Å². The standard InChI is InChI=1S/C7H15OP/c1-4-7-9(8,5-2)6-3/h2H,4-7H2,1,3H3. The van der Waals surface area contributed by atoms with Gasteiger partial charge in [-0.05, 0) is 19.5 Å². The second kappa shape index (κ2) is 4.11. The van der Waals surface area contributed by atoms with Crippen molar-refractivity contribution in [3.05, 3.63) is 6.92 Å². The fourth-order valence-corrected chi connectivity index (χ4v) is 2.36. The maximum atomic E-state index is 11.4. The van der Waals surface area contributed by atoms with Crippen molar-refractivity contribution in [1.82, 2.24) is 0 Å². The Morgan fingerprint density at radius 2 is 2.00 bits per heavy atom. The minimum atomic E-state index is -1.90.